The van der Waals surface area contributed by atoms with Gasteiger partial charge in [-0.05, 0) is 43.2 Å². The van der Waals surface area contributed by atoms with Gasteiger partial charge in [0.15, 0.2) is 9.84 Å². The molecule has 0 bridgehead atoms. The molecule has 2 aromatic carbocycles. The van der Waals surface area contributed by atoms with Crippen LogP contribution in [0.5, 0.6) is 5.75 Å². The number of rotatable bonds is 7. The van der Waals surface area contributed by atoms with E-state index in [1.165, 1.54) is 36.9 Å². The Morgan fingerprint density at radius 3 is 2.63 bits per heavy atom. The lowest BCUT2D eigenvalue weighted by molar-refractivity contribution is -0.131. The molecule has 0 fully saturated rings. The number of carbonyl (C=O) groups excluding carboxylic acids is 1. The molecule has 0 aliphatic rings. The largest absolute Gasteiger partial charge is 0.497 e. The molecule has 0 aliphatic heterocycles. The molecule has 3 aromatic rings. The number of aromatic nitrogens is 1. The SMILES string of the molecule is COc1ccc(-c2ccc3nc(CCC(C)(C(=O)NO)S(C)(=O)=O)sc3c2)c(F)c1. The van der Waals surface area contributed by atoms with Crippen molar-refractivity contribution in [3.63, 3.8) is 0 Å². The molecule has 1 aromatic heterocycles. The molecule has 3 rings (SSSR count). The number of nitrogens with one attached hydrogen (secondary N) is 1. The van der Waals surface area contributed by atoms with Crippen LogP contribution in [0, 0.1) is 5.82 Å². The van der Waals surface area contributed by atoms with E-state index in [4.69, 9.17) is 9.94 Å². The van der Waals surface area contributed by atoms with Crippen LogP contribution in [0.15, 0.2) is 36.4 Å². The number of carbonyl (C=O) groups is 1. The predicted octanol–water partition coefficient (Wildman–Crippen LogP) is 3.35. The van der Waals surface area contributed by atoms with E-state index in [2.05, 4.69) is 4.98 Å². The average Bonchev–Trinajstić information content (AvgIpc) is 3.12. The number of fused-ring (bicyclic) bond motifs is 1. The Morgan fingerprint density at radius 2 is 2.03 bits per heavy atom. The van der Waals surface area contributed by atoms with Crippen LogP contribution in [0.25, 0.3) is 21.3 Å². The quantitative estimate of drug-likeness (QED) is 0.421. The Bertz CT molecular complexity index is 1210. The third-order valence-corrected chi connectivity index (χ3v) is 8.24. The van der Waals surface area contributed by atoms with Gasteiger partial charge in [0, 0.05) is 24.3 Å². The van der Waals surface area contributed by atoms with E-state index in [-0.39, 0.29) is 12.8 Å². The smallest absolute Gasteiger partial charge is 0.264 e. The second-order valence-corrected chi connectivity index (χ2v) is 10.6. The molecule has 2 N–H and O–H groups in total. The van der Waals surface area contributed by atoms with Gasteiger partial charge in [-0.25, -0.2) is 23.3 Å². The van der Waals surface area contributed by atoms with Crippen LogP contribution >= 0.6 is 11.3 Å². The highest BCUT2D eigenvalue weighted by Gasteiger charge is 2.43. The molecular formula is C20H21FN2O5S2. The lowest BCUT2D eigenvalue weighted by atomic mass is 10.0. The number of ether oxygens (including phenoxy) is 1. The maximum atomic E-state index is 14.4. The van der Waals surface area contributed by atoms with Crippen LogP contribution in [-0.4, -0.2) is 42.6 Å². The summed E-state index contributed by atoms with van der Waals surface area (Å²) >= 11 is 1.34. The monoisotopic (exact) mass is 452 g/mol. The van der Waals surface area contributed by atoms with Crippen molar-refractivity contribution in [2.24, 2.45) is 0 Å². The van der Waals surface area contributed by atoms with Crippen LogP contribution < -0.4 is 10.2 Å². The van der Waals surface area contributed by atoms with E-state index < -0.39 is 26.3 Å². The van der Waals surface area contributed by atoms with E-state index in [1.54, 1.807) is 24.3 Å². The van der Waals surface area contributed by atoms with E-state index >= 15 is 0 Å². The second kappa shape index (κ2) is 8.29. The Balaban J connectivity index is 1.89. The summed E-state index contributed by atoms with van der Waals surface area (Å²) in [5.41, 5.74) is 3.24. The molecule has 1 heterocycles. The zero-order valence-electron chi connectivity index (χ0n) is 16.6. The van der Waals surface area contributed by atoms with Gasteiger partial charge in [0.05, 0.1) is 22.3 Å². The van der Waals surface area contributed by atoms with Crippen molar-refractivity contribution in [3.05, 3.63) is 47.2 Å². The maximum absolute atomic E-state index is 14.4. The molecule has 1 atom stereocenters. The fourth-order valence-electron chi connectivity index (χ4n) is 3.03. The highest BCUT2D eigenvalue weighted by atomic mass is 32.2. The molecular weight excluding hydrogens is 431 g/mol. The molecule has 30 heavy (non-hydrogen) atoms. The normalized spacial score (nSPS) is 13.8. The van der Waals surface area contributed by atoms with Crippen molar-refractivity contribution in [3.8, 4) is 16.9 Å². The van der Waals surface area contributed by atoms with E-state index in [9.17, 15) is 17.6 Å². The highest BCUT2D eigenvalue weighted by molar-refractivity contribution is 7.92. The number of aryl methyl sites for hydroxylation is 1. The summed E-state index contributed by atoms with van der Waals surface area (Å²) in [6.07, 6.45) is 1.14. The topological polar surface area (TPSA) is 106 Å². The average molecular weight is 453 g/mol. The first-order chi connectivity index (χ1) is 14.1. The first-order valence-corrected chi connectivity index (χ1v) is 11.7. The summed E-state index contributed by atoms with van der Waals surface area (Å²) in [6.45, 7) is 1.27. The number of amides is 1. The first kappa shape index (κ1) is 22.1. The van der Waals surface area contributed by atoms with Gasteiger partial charge in [-0.15, -0.1) is 11.3 Å². The number of hydrogen-bond acceptors (Lipinski definition) is 7. The molecule has 1 unspecified atom stereocenters. The first-order valence-electron chi connectivity index (χ1n) is 8.96. The molecule has 7 nitrogen and oxygen atoms in total. The minimum Gasteiger partial charge on any atom is -0.497 e. The van der Waals surface area contributed by atoms with Crippen molar-refractivity contribution in [2.45, 2.75) is 24.5 Å². The summed E-state index contributed by atoms with van der Waals surface area (Å²) in [4.78, 5) is 16.4. The van der Waals surface area contributed by atoms with Crippen LogP contribution in [0.4, 0.5) is 4.39 Å². The molecule has 0 saturated carbocycles. The van der Waals surface area contributed by atoms with Crippen molar-refractivity contribution >= 4 is 37.3 Å². The Morgan fingerprint density at radius 1 is 1.30 bits per heavy atom. The van der Waals surface area contributed by atoms with Crippen LogP contribution in [0.3, 0.4) is 0 Å². The number of methoxy groups -OCH3 is 1. The van der Waals surface area contributed by atoms with Crippen LogP contribution in [-0.2, 0) is 21.1 Å². The predicted molar refractivity (Wildman–Crippen MR) is 113 cm³/mol. The summed E-state index contributed by atoms with van der Waals surface area (Å²) in [6, 6.07) is 9.98. The zero-order chi connectivity index (χ0) is 22.1. The van der Waals surface area contributed by atoms with Gasteiger partial charge in [0.1, 0.15) is 16.3 Å². The van der Waals surface area contributed by atoms with Gasteiger partial charge in [-0.3, -0.25) is 10.0 Å². The standard InChI is InChI=1S/C20H21FN2O5S2/c1-20(19(24)23-25,30(3,26)27)9-8-18-22-16-7-4-12(10-17(16)29-18)14-6-5-13(28-2)11-15(14)21/h4-7,10-11,25H,8-9H2,1-3H3,(H,23,24). The van der Waals surface area contributed by atoms with Gasteiger partial charge in [0.25, 0.3) is 5.91 Å². The summed E-state index contributed by atoms with van der Waals surface area (Å²) < 4.78 is 42.6. The molecule has 0 radical (unpaired) electrons. The second-order valence-electron chi connectivity index (χ2n) is 7.08. The number of hydrogen-bond donors (Lipinski definition) is 2. The Kier molecular flexibility index (Phi) is 6.11. The van der Waals surface area contributed by atoms with Gasteiger partial charge < -0.3 is 4.74 Å². The summed E-state index contributed by atoms with van der Waals surface area (Å²) in [5, 5.41) is 9.56. The molecule has 0 saturated heterocycles. The van der Waals surface area contributed by atoms with Gasteiger partial charge >= 0.3 is 0 Å². The zero-order valence-corrected chi connectivity index (χ0v) is 18.2. The summed E-state index contributed by atoms with van der Waals surface area (Å²) in [7, 11) is -2.31. The van der Waals surface area contributed by atoms with Crippen molar-refractivity contribution in [1.29, 1.82) is 0 Å². The number of sulfone groups is 1. The van der Waals surface area contributed by atoms with Crippen LogP contribution in [0.1, 0.15) is 18.4 Å². The number of halogens is 1. The van der Waals surface area contributed by atoms with Gasteiger partial charge in [-0.2, -0.15) is 0 Å². The molecule has 160 valence electrons. The highest BCUT2D eigenvalue weighted by Crippen LogP contribution is 2.32. The van der Waals surface area contributed by atoms with Gasteiger partial charge in [-0.1, -0.05) is 6.07 Å². The molecule has 10 heteroatoms. The van der Waals surface area contributed by atoms with E-state index in [1.807, 2.05) is 6.07 Å². The van der Waals surface area contributed by atoms with E-state index in [0.717, 1.165) is 11.0 Å². The molecule has 1 amide bonds. The lowest BCUT2D eigenvalue weighted by Crippen LogP contribution is -2.49. The minimum atomic E-state index is -3.78. The maximum Gasteiger partial charge on any atom is 0.264 e. The van der Waals surface area contributed by atoms with Crippen molar-refractivity contribution < 1.29 is 27.5 Å². The molecule has 0 spiro atoms. The van der Waals surface area contributed by atoms with Crippen LogP contribution in [0.2, 0.25) is 0 Å². The van der Waals surface area contributed by atoms with Crippen molar-refractivity contribution in [1.82, 2.24) is 10.5 Å². The Hall–Kier alpha value is -2.56. The summed E-state index contributed by atoms with van der Waals surface area (Å²) in [5.74, 6) is -0.959. The van der Waals surface area contributed by atoms with Crippen molar-refractivity contribution in [2.75, 3.05) is 13.4 Å². The Labute approximate surface area is 177 Å². The fraction of sp³-hybridized carbons (Fsp3) is 0.300. The van der Waals surface area contributed by atoms with E-state index in [0.29, 0.717) is 27.4 Å². The fourth-order valence-corrected chi connectivity index (χ4v) is 4.90. The molecule has 0 aliphatic carbocycles. The number of thiazole rings is 1. The lowest BCUT2D eigenvalue weighted by Gasteiger charge is -2.24. The minimum absolute atomic E-state index is 0.0436. The number of hydroxylamine groups is 1. The number of nitrogens with zero attached hydrogens (tertiary/aromatic N) is 1. The third kappa shape index (κ3) is 4.16. The number of benzene rings is 2. The van der Waals surface area contributed by atoms with Gasteiger partial charge in [0.2, 0.25) is 0 Å². The third-order valence-electron chi connectivity index (χ3n) is 5.14.